The summed E-state index contributed by atoms with van der Waals surface area (Å²) in [6, 6.07) is 0.0433. The second kappa shape index (κ2) is 7.09. The first-order chi connectivity index (χ1) is 10.2. The van der Waals surface area contributed by atoms with Gasteiger partial charge in [0.05, 0.1) is 6.04 Å². The number of aromatic nitrogens is 1. The maximum atomic E-state index is 4.30. The lowest BCUT2D eigenvalue weighted by Gasteiger charge is -2.19. The predicted molar refractivity (Wildman–Crippen MR) is 93.2 cm³/mol. The van der Waals surface area contributed by atoms with Gasteiger partial charge in [-0.1, -0.05) is 49.6 Å². The highest BCUT2D eigenvalue weighted by Crippen LogP contribution is 2.18. The van der Waals surface area contributed by atoms with E-state index in [0.29, 0.717) is 0 Å². The van der Waals surface area contributed by atoms with Gasteiger partial charge in [-0.2, -0.15) is 0 Å². The molecule has 0 amide bonds. The molecule has 0 spiro atoms. The van der Waals surface area contributed by atoms with Gasteiger partial charge in [0.25, 0.3) is 0 Å². The van der Waals surface area contributed by atoms with Gasteiger partial charge in [-0.3, -0.25) is 0 Å². The van der Waals surface area contributed by atoms with Crippen molar-refractivity contribution in [2.75, 3.05) is 7.05 Å². The Labute approximate surface area is 127 Å². The number of fused-ring (bicyclic) bond motifs is 1. The Hall–Kier alpha value is -2.06. The van der Waals surface area contributed by atoms with E-state index in [9.17, 15) is 0 Å². The molecular weight excluding hydrogens is 256 g/mol. The molecule has 0 bridgehead atoms. The zero-order chi connectivity index (χ0) is 15.2. The lowest BCUT2D eigenvalue weighted by atomic mass is 9.94. The van der Waals surface area contributed by atoms with Gasteiger partial charge in [-0.05, 0) is 38.0 Å². The van der Waals surface area contributed by atoms with Crippen molar-refractivity contribution in [2.45, 2.75) is 25.8 Å². The molecule has 0 radical (unpaired) electrons. The third kappa shape index (κ3) is 3.34. The van der Waals surface area contributed by atoms with E-state index in [0.717, 1.165) is 24.0 Å². The maximum Gasteiger partial charge on any atom is 0.0569 e. The minimum Gasteiger partial charge on any atom is -0.361 e. The maximum absolute atomic E-state index is 4.30. The van der Waals surface area contributed by atoms with Gasteiger partial charge in [-0.15, -0.1) is 0 Å². The average molecular weight is 280 g/mol. The fourth-order valence-corrected chi connectivity index (χ4v) is 2.69. The number of nitrogens with one attached hydrogen (secondary N) is 2. The topological polar surface area (TPSA) is 27.8 Å². The van der Waals surface area contributed by atoms with Crippen molar-refractivity contribution < 1.29 is 0 Å². The van der Waals surface area contributed by atoms with E-state index in [-0.39, 0.29) is 6.04 Å². The van der Waals surface area contributed by atoms with Crippen LogP contribution in [0.3, 0.4) is 0 Å². The molecule has 2 N–H and O–H groups in total. The Balaban J connectivity index is 2.30. The number of aromatic amines is 1. The summed E-state index contributed by atoms with van der Waals surface area (Å²) in [6.45, 7) is 10.5. The van der Waals surface area contributed by atoms with Gasteiger partial charge in [0.2, 0.25) is 0 Å². The van der Waals surface area contributed by atoms with Crippen LogP contribution in [-0.4, -0.2) is 18.1 Å². The highest BCUT2D eigenvalue weighted by atomic mass is 14.9. The van der Waals surface area contributed by atoms with Crippen LogP contribution in [0.5, 0.6) is 0 Å². The summed E-state index contributed by atoms with van der Waals surface area (Å²) in [5.41, 5.74) is 3.24. The summed E-state index contributed by atoms with van der Waals surface area (Å²) in [7, 11) is 1.94. The molecule has 2 nitrogen and oxygen atoms in total. The van der Waals surface area contributed by atoms with E-state index in [2.05, 4.69) is 41.8 Å². The molecular formula is C19H24N2. The number of likely N-dealkylation sites (N-methyl/N-ethyl adjacent to an activating group) is 1. The fraction of sp³-hybridized carbons (Fsp3) is 0.263. The molecule has 1 aliphatic carbocycles. The monoisotopic (exact) mass is 280 g/mol. The van der Waals surface area contributed by atoms with Crippen molar-refractivity contribution in [3.63, 3.8) is 0 Å². The lowest BCUT2D eigenvalue weighted by molar-refractivity contribution is 0.784. The second-order valence-electron chi connectivity index (χ2n) is 5.22. The van der Waals surface area contributed by atoms with Crippen LogP contribution in [-0.2, 0) is 0 Å². The minimum absolute atomic E-state index is 0.0433. The zero-order valence-corrected chi connectivity index (χ0v) is 12.9. The molecule has 0 fully saturated rings. The highest BCUT2D eigenvalue weighted by Gasteiger charge is 2.16. The Bertz CT molecular complexity index is 698. The second-order valence-corrected chi connectivity index (χ2v) is 5.22. The number of rotatable bonds is 6. The largest absolute Gasteiger partial charge is 0.361 e. The third-order valence-electron chi connectivity index (χ3n) is 3.78. The molecule has 1 unspecified atom stereocenters. The van der Waals surface area contributed by atoms with E-state index in [1.807, 2.05) is 38.3 Å². The Morgan fingerprint density at radius 2 is 2.05 bits per heavy atom. The summed E-state index contributed by atoms with van der Waals surface area (Å²) in [5, 5.41) is 5.80. The minimum atomic E-state index is 0.0433. The van der Waals surface area contributed by atoms with Crippen molar-refractivity contribution in [1.29, 1.82) is 0 Å². The molecule has 1 aliphatic rings. The first kappa shape index (κ1) is 15.3. The predicted octanol–water partition coefficient (Wildman–Crippen LogP) is 2.66. The lowest BCUT2D eigenvalue weighted by Crippen LogP contribution is -2.32. The quantitative estimate of drug-likeness (QED) is 0.770. The average Bonchev–Trinajstić information content (AvgIpc) is 2.92. The molecule has 0 aromatic carbocycles. The molecule has 0 saturated heterocycles. The summed E-state index contributed by atoms with van der Waals surface area (Å²) in [4.78, 5) is 3.34. The third-order valence-corrected chi connectivity index (χ3v) is 3.78. The normalized spacial score (nSPS) is 15.5. The standard InChI is InChI=1S/C19H24N2/c1-5-6-7-10-14(2)19(20-4)15(3)17-13-21-18-12-9-8-11-16(17)18/h5-7,10-13,19-21H,2-3,8-9H2,1,4H3/b6-5-,10-7-. The smallest absolute Gasteiger partial charge is 0.0569 e. The fourth-order valence-electron chi connectivity index (χ4n) is 2.69. The van der Waals surface area contributed by atoms with Crippen LogP contribution >= 0.6 is 0 Å². The van der Waals surface area contributed by atoms with Crippen LogP contribution in [0.2, 0.25) is 0 Å². The van der Waals surface area contributed by atoms with Gasteiger partial charge in [0.1, 0.15) is 0 Å². The summed E-state index contributed by atoms with van der Waals surface area (Å²) < 4.78 is 0. The molecule has 0 saturated carbocycles. The molecule has 1 aromatic rings. The van der Waals surface area contributed by atoms with E-state index in [1.54, 1.807) is 0 Å². The number of H-pyrrole nitrogens is 1. The van der Waals surface area contributed by atoms with Gasteiger partial charge in [0.15, 0.2) is 0 Å². The highest BCUT2D eigenvalue weighted by molar-refractivity contribution is 5.72. The van der Waals surface area contributed by atoms with E-state index in [1.165, 1.54) is 16.1 Å². The van der Waals surface area contributed by atoms with Crippen LogP contribution in [0, 0.1) is 0 Å². The van der Waals surface area contributed by atoms with Crippen LogP contribution in [0.15, 0.2) is 49.2 Å². The van der Waals surface area contributed by atoms with Crippen molar-refractivity contribution >= 4 is 17.7 Å². The van der Waals surface area contributed by atoms with Crippen LogP contribution < -0.4 is 15.9 Å². The first-order valence-corrected chi connectivity index (χ1v) is 7.41. The molecule has 1 heterocycles. The van der Waals surface area contributed by atoms with Gasteiger partial charge in [-0.25, -0.2) is 0 Å². The molecule has 2 rings (SSSR count). The Morgan fingerprint density at radius 3 is 2.76 bits per heavy atom. The molecule has 0 aliphatic heterocycles. The van der Waals surface area contributed by atoms with Crippen LogP contribution in [0.1, 0.15) is 25.3 Å². The zero-order valence-electron chi connectivity index (χ0n) is 12.9. The van der Waals surface area contributed by atoms with Crippen molar-refractivity contribution in [2.24, 2.45) is 0 Å². The Morgan fingerprint density at radius 1 is 1.29 bits per heavy atom. The molecule has 2 heteroatoms. The van der Waals surface area contributed by atoms with Gasteiger partial charge in [0, 0.05) is 22.3 Å². The van der Waals surface area contributed by atoms with Gasteiger partial charge >= 0.3 is 0 Å². The van der Waals surface area contributed by atoms with Crippen LogP contribution in [0.25, 0.3) is 17.7 Å². The van der Waals surface area contributed by atoms with E-state index in [4.69, 9.17) is 0 Å². The molecule has 1 aromatic heterocycles. The molecule has 110 valence electrons. The van der Waals surface area contributed by atoms with Crippen molar-refractivity contribution in [3.05, 3.63) is 65.4 Å². The summed E-state index contributed by atoms with van der Waals surface area (Å²) in [6.07, 6.45) is 16.8. The van der Waals surface area contributed by atoms with Crippen molar-refractivity contribution in [1.82, 2.24) is 10.3 Å². The van der Waals surface area contributed by atoms with E-state index < -0.39 is 0 Å². The Kier molecular flexibility index (Phi) is 5.18. The molecule has 21 heavy (non-hydrogen) atoms. The van der Waals surface area contributed by atoms with Gasteiger partial charge < -0.3 is 10.3 Å². The summed E-state index contributed by atoms with van der Waals surface area (Å²) >= 11 is 0. The summed E-state index contributed by atoms with van der Waals surface area (Å²) in [5.74, 6) is 0. The first-order valence-electron chi connectivity index (χ1n) is 7.41. The van der Waals surface area contributed by atoms with E-state index >= 15 is 0 Å². The molecule has 1 atom stereocenters. The number of allylic oxidation sites excluding steroid dienone is 3. The number of hydrogen-bond donors (Lipinski definition) is 2. The van der Waals surface area contributed by atoms with Crippen LogP contribution in [0.4, 0.5) is 0 Å². The number of hydrogen-bond acceptors (Lipinski definition) is 1. The SMILES string of the molecule is C=C(/C=C\C=C/C)C(NC)C(=C)c1c[nH]c2c1=CCCC=2. The van der Waals surface area contributed by atoms with Crippen molar-refractivity contribution in [3.8, 4) is 0 Å².